The number of carboxylic acids is 1. The quantitative estimate of drug-likeness (QED) is 0.850. The molecule has 1 N–H and O–H groups in total. The van der Waals surface area contributed by atoms with E-state index >= 15 is 0 Å². The molecular weight excluding hydrogens is 262 g/mol. The molecule has 0 radical (unpaired) electrons. The minimum absolute atomic E-state index is 0.0503. The lowest BCUT2D eigenvalue weighted by atomic mass is 10.0. The van der Waals surface area contributed by atoms with Gasteiger partial charge in [0.2, 0.25) is 0 Å². The van der Waals surface area contributed by atoms with Gasteiger partial charge in [-0.05, 0) is 42.9 Å². The van der Waals surface area contributed by atoms with E-state index in [4.69, 9.17) is 5.11 Å². The van der Waals surface area contributed by atoms with Gasteiger partial charge in [0.25, 0.3) is 0 Å². The minimum atomic E-state index is -0.809. The number of rotatable bonds is 4. The minimum Gasteiger partial charge on any atom is -0.481 e. The van der Waals surface area contributed by atoms with Crippen LogP contribution in [0.4, 0.5) is 0 Å². The molecule has 3 aliphatic rings. The van der Waals surface area contributed by atoms with Crippen LogP contribution in [0.1, 0.15) is 31.0 Å². The van der Waals surface area contributed by atoms with Crippen LogP contribution < -0.4 is 0 Å². The zero-order chi connectivity index (χ0) is 13.1. The monoisotopic (exact) mass is 279 g/mol. The molecule has 3 fully saturated rings. The van der Waals surface area contributed by atoms with Crippen molar-refractivity contribution in [3.63, 3.8) is 0 Å². The summed E-state index contributed by atoms with van der Waals surface area (Å²) in [5, 5.41) is 14.0. The first-order valence-corrected chi connectivity index (χ1v) is 7.89. The van der Waals surface area contributed by atoms with Gasteiger partial charge in [0.05, 0.1) is 5.75 Å². The van der Waals surface area contributed by atoms with Crippen LogP contribution >= 0.6 is 11.8 Å². The maximum atomic E-state index is 10.6. The van der Waals surface area contributed by atoms with Gasteiger partial charge < -0.3 is 5.11 Å². The molecule has 5 nitrogen and oxygen atoms in total. The highest BCUT2D eigenvalue weighted by atomic mass is 32.2. The molecule has 0 aliphatic heterocycles. The Balaban J connectivity index is 1.51. The van der Waals surface area contributed by atoms with Crippen molar-refractivity contribution in [3.05, 3.63) is 5.82 Å². The fourth-order valence-electron chi connectivity index (χ4n) is 4.45. The van der Waals surface area contributed by atoms with Crippen LogP contribution in [0.2, 0.25) is 0 Å². The molecule has 1 heterocycles. The van der Waals surface area contributed by atoms with E-state index in [9.17, 15) is 4.79 Å². The first-order chi connectivity index (χ1) is 9.15. The van der Waals surface area contributed by atoms with Gasteiger partial charge in [-0.15, -0.1) is 0 Å². The van der Waals surface area contributed by atoms with Crippen LogP contribution in [0.25, 0.3) is 0 Å². The summed E-state index contributed by atoms with van der Waals surface area (Å²) < 4.78 is 1.74. The number of thioether (sulfide) groups is 1. The third-order valence-corrected chi connectivity index (χ3v) is 6.10. The maximum absolute atomic E-state index is 10.6. The van der Waals surface area contributed by atoms with Crippen molar-refractivity contribution in [3.8, 4) is 0 Å². The Labute approximate surface area is 115 Å². The fraction of sp³-hybridized carbons (Fsp3) is 0.769. The first kappa shape index (κ1) is 11.8. The highest BCUT2D eigenvalue weighted by molar-refractivity contribution is 7.99. The summed E-state index contributed by atoms with van der Waals surface area (Å²) in [4.78, 5) is 15.2. The smallest absolute Gasteiger partial charge is 0.313 e. The van der Waals surface area contributed by atoms with Crippen molar-refractivity contribution in [2.24, 2.45) is 30.7 Å². The summed E-state index contributed by atoms with van der Waals surface area (Å²) in [5.41, 5.74) is 0. The highest BCUT2D eigenvalue weighted by Gasteiger charge is 2.66. The second-order valence-electron chi connectivity index (χ2n) is 6.07. The summed E-state index contributed by atoms with van der Waals surface area (Å²) in [7, 11) is 1.85. The average molecular weight is 279 g/mol. The number of carboxylic acid groups (broad SMARTS) is 1. The van der Waals surface area contributed by atoms with Crippen molar-refractivity contribution < 1.29 is 9.90 Å². The lowest BCUT2D eigenvalue weighted by Gasteiger charge is -2.04. The molecule has 102 valence electrons. The SMILES string of the molecule is Cn1nc(C2C3C4CCC(C4)C23)nc1SCC(=O)O. The predicted molar refractivity (Wildman–Crippen MR) is 69.9 cm³/mol. The van der Waals surface area contributed by atoms with Gasteiger partial charge >= 0.3 is 5.97 Å². The number of carbonyl (C=O) groups is 1. The number of hydrogen-bond acceptors (Lipinski definition) is 4. The highest BCUT2D eigenvalue weighted by Crippen LogP contribution is 2.72. The number of fused-ring (bicyclic) bond motifs is 5. The molecule has 1 aromatic heterocycles. The van der Waals surface area contributed by atoms with Crippen molar-refractivity contribution in [1.82, 2.24) is 14.8 Å². The molecule has 3 aliphatic carbocycles. The van der Waals surface area contributed by atoms with Gasteiger partial charge in [0.15, 0.2) is 11.0 Å². The Morgan fingerprint density at radius 3 is 2.74 bits per heavy atom. The van der Waals surface area contributed by atoms with Crippen LogP contribution in [-0.2, 0) is 11.8 Å². The van der Waals surface area contributed by atoms with Crippen LogP contribution in [0.3, 0.4) is 0 Å². The van der Waals surface area contributed by atoms with E-state index in [1.54, 1.807) is 4.68 Å². The molecule has 19 heavy (non-hydrogen) atoms. The summed E-state index contributed by atoms with van der Waals surface area (Å²) >= 11 is 1.26. The van der Waals surface area contributed by atoms with E-state index in [-0.39, 0.29) is 5.75 Å². The number of nitrogens with zero attached hydrogens (tertiary/aromatic N) is 3. The standard InChI is InChI=1S/C13H17N3O2S/c1-16-13(19-5-8(17)18)14-12(15-16)11-9-6-2-3-7(4-6)10(9)11/h6-7,9-11H,2-5H2,1H3,(H,17,18). The van der Waals surface area contributed by atoms with Crippen molar-refractivity contribution in [1.29, 1.82) is 0 Å². The largest absolute Gasteiger partial charge is 0.481 e. The summed E-state index contributed by atoms with van der Waals surface area (Å²) in [5.74, 6) is 4.26. The Bertz CT molecular complexity index is 528. The van der Waals surface area contributed by atoms with Crippen LogP contribution in [0.15, 0.2) is 5.16 Å². The molecule has 1 aromatic rings. The second-order valence-corrected chi connectivity index (χ2v) is 7.01. The zero-order valence-electron chi connectivity index (χ0n) is 10.8. The molecule has 6 heteroatoms. The van der Waals surface area contributed by atoms with Crippen molar-refractivity contribution >= 4 is 17.7 Å². The van der Waals surface area contributed by atoms with Crippen LogP contribution in [0, 0.1) is 23.7 Å². The van der Waals surface area contributed by atoms with Gasteiger partial charge in [-0.25, -0.2) is 9.67 Å². The van der Waals surface area contributed by atoms with Crippen molar-refractivity contribution in [2.45, 2.75) is 30.3 Å². The topological polar surface area (TPSA) is 68.0 Å². The van der Waals surface area contributed by atoms with Gasteiger partial charge in [0.1, 0.15) is 0 Å². The Morgan fingerprint density at radius 1 is 1.42 bits per heavy atom. The molecular formula is C13H17N3O2S. The van der Waals surface area contributed by atoms with E-state index in [0.717, 1.165) is 34.7 Å². The number of aliphatic carboxylic acids is 1. The first-order valence-electron chi connectivity index (χ1n) is 6.90. The second kappa shape index (κ2) is 3.98. The van der Waals surface area contributed by atoms with Gasteiger partial charge in [-0.1, -0.05) is 11.8 Å². The predicted octanol–water partition coefficient (Wildman–Crippen LogP) is 1.75. The molecule has 0 aromatic carbocycles. The molecule has 3 saturated carbocycles. The lowest BCUT2D eigenvalue weighted by molar-refractivity contribution is -0.133. The van der Waals surface area contributed by atoms with Crippen LogP contribution in [0.5, 0.6) is 0 Å². The molecule has 4 unspecified atom stereocenters. The summed E-state index contributed by atoms with van der Waals surface area (Å²) in [6.45, 7) is 0. The molecule has 0 spiro atoms. The molecule has 4 atom stereocenters. The summed E-state index contributed by atoms with van der Waals surface area (Å²) in [6, 6.07) is 0. The number of aromatic nitrogens is 3. The normalized spacial score (nSPS) is 38.5. The Hall–Kier alpha value is -1.04. The van der Waals surface area contributed by atoms with Gasteiger partial charge in [-0.2, -0.15) is 5.10 Å². The third kappa shape index (κ3) is 1.72. The lowest BCUT2D eigenvalue weighted by Crippen LogP contribution is -2.00. The van der Waals surface area contributed by atoms with Crippen LogP contribution in [-0.4, -0.2) is 31.6 Å². The molecule has 4 rings (SSSR count). The molecule has 2 bridgehead atoms. The van der Waals surface area contributed by atoms with Gasteiger partial charge in [-0.3, -0.25) is 4.79 Å². The Kier molecular flexibility index (Phi) is 2.46. The zero-order valence-corrected chi connectivity index (χ0v) is 11.6. The average Bonchev–Trinajstić information content (AvgIpc) is 2.72. The Morgan fingerprint density at radius 2 is 2.11 bits per heavy atom. The van der Waals surface area contributed by atoms with E-state index in [1.165, 1.54) is 31.0 Å². The van der Waals surface area contributed by atoms with Crippen molar-refractivity contribution in [2.75, 3.05) is 5.75 Å². The van der Waals surface area contributed by atoms with E-state index in [1.807, 2.05) is 7.05 Å². The maximum Gasteiger partial charge on any atom is 0.313 e. The summed E-state index contributed by atoms with van der Waals surface area (Å²) in [6.07, 6.45) is 4.23. The molecule has 0 amide bonds. The fourth-order valence-corrected chi connectivity index (χ4v) is 5.09. The van der Waals surface area contributed by atoms with E-state index in [2.05, 4.69) is 10.1 Å². The third-order valence-electron chi connectivity index (χ3n) is 5.10. The van der Waals surface area contributed by atoms with E-state index < -0.39 is 5.97 Å². The molecule has 0 saturated heterocycles. The number of hydrogen-bond donors (Lipinski definition) is 1. The van der Waals surface area contributed by atoms with E-state index in [0.29, 0.717) is 5.92 Å². The van der Waals surface area contributed by atoms with Gasteiger partial charge in [0, 0.05) is 13.0 Å². The number of aryl methyl sites for hydroxylation is 1.